The Balaban J connectivity index is 1.33. The lowest BCUT2D eigenvalue weighted by Gasteiger charge is -2.50. The summed E-state index contributed by atoms with van der Waals surface area (Å²) in [6.45, 7) is 0.696. The first-order valence-electron chi connectivity index (χ1n) is 11.0. The molecule has 2 aliphatic heterocycles. The highest BCUT2D eigenvalue weighted by molar-refractivity contribution is 8.13. The van der Waals surface area contributed by atoms with Crippen molar-refractivity contribution in [1.82, 2.24) is 15.2 Å². The zero-order chi connectivity index (χ0) is 21.2. The van der Waals surface area contributed by atoms with E-state index in [4.69, 9.17) is 11.6 Å². The summed E-state index contributed by atoms with van der Waals surface area (Å²) >= 11 is 7.88. The second-order valence-corrected chi connectivity index (χ2v) is 9.83. The molecule has 5 rings (SSSR count). The van der Waals surface area contributed by atoms with Crippen molar-refractivity contribution in [3.8, 4) is 0 Å². The standard InChI is InChI=1S/C24H27ClN4OS/c25-19-10-6-9-18(15-19)16-31-24-27-26-23-28(14-13-17-7-2-1-3-8-17)22(30)20-11-4-5-12-21(20)29(23)24/h1-3,6-10,15,20-21,23,26H,4-5,11-14,16H2. The second-order valence-electron chi connectivity index (χ2n) is 8.45. The number of amides is 1. The number of nitrogens with one attached hydrogen (secondary N) is 1. The Hall–Kier alpha value is -2.18. The first kappa shape index (κ1) is 20.7. The highest BCUT2D eigenvalue weighted by Gasteiger charge is 2.50. The Morgan fingerprint density at radius 1 is 1.06 bits per heavy atom. The molecule has 2 heterocycles. The van der Waals surface area contributed by atoms with Gasteiger partial charge in [0, 0.05) is 23.4 Å². The van der Waals surface area contributed by atoms with Crippen LogP contribution >= 0.6 is 23.4 Å². The van der Waals surface area contributed by atoms with Gasteiger partial charge in [-0.2, -0.15) is 5.10 Å². The summed E-state index contributed by atoms with van der Waals surface area (Å²) in [5, 5.41) is 6.42. The molecule has 0 radical (unpaired) electrons. The number of carbonyl (C=O) groups is 1. The summed E-state index contributed by atoms with van der Waals surface area (Å²) in [4.78, 5) is 17.8. The molecule has 2 fully saturated rings. The van der Waals surface area contributed by atoms with E-state index in [9.17, 15) is 4.79 Å². The molecule has 31 heavy (non-hydrogen) atoms. The predicted octanol–water partition coefficient (Wildman–Crippen LogP) is 4.68. The number of benzene rings is 2. The summed E-state index contributed by atoms with van der Waals surface area (Å²) < 4.78 is 0. The molecule has 1 N–H and O–H groups in total. The lowest BCUT2D eigenvalue weighted by atomic mass is 9.81. The van der Waals surface area contributed by atoms with E-state index in [1.165, 1.54) is 17.5 Å². The van der Waals surface area contributed by atoms with E-state index in [0.717, 1.165) is 41.6 Å². The molecule has 1 saturated carbocycles. The van der Waals surface area contributed by atoms with Crippen LogP contribution < -0.4 is 5.43 Å². The van der Waals surface area contributed by atoms with Crippen LogP contribution in [0.25, 0.3) is 0 Å². The number of carbonyl (C=O) groups excluding carboxylic acids is 1. The van der Waals surface area contributed by atoms with Crippen LogP contribution in [0.5, 0.6) is 0 Å². The third-order valence-electron chi connectivity index (χ3n) is 6.48. The van der Waals surface area contributed by atoms with Crippen LogP contribution in [0.4, 0.5) is 0 Å². The minimum atomic E-state index is -0.183. The van der Waals surface area contributed by atoms with Gasteiger partial charge in [-0.25, -0.2) is 0 Å². The zero-order valence-corrected chi connectivity index (χ0v) is 19.0. The Morgan fingerprint density at radius 2 is 1.87 bits per heavy atom. The van der Waals surface area contributed by atoms with Gasteiger partial charge < -0.3 is 9.80 Å². The maximum atomic E-state index is 13.4. The molecule has 5 nitrogen and oxygen atoms in total. The number of halogens is 1. The molecule has 7 heteroatoms. The average molecular weight is 455 g/mol. The van der Waals surface area contributed by atoms with Gasteiger partial charge in [-0.1, -0.05) is 78.7 Å². The van der Waals surface area contributed by atoms with E-state index in [-0.39, 0.29) is 24.2 Å². The van der Waals surface area contributed by atoms with Crippen LogP contribution in [0.2, 0.25) is 5.02 Å². The van der Waals surface area contributed by atoms with Gasteiger partial charge in [0.25, 0.3) is 0 Å². The van der Waals surface area contributed by atoms with Crippen molar-refractivity contribution in [1.29, 1.82) is 0 Å². The van der Waals surface area contributed by atoms with Gasteiger partial charge in [-0.05, 0) is 42.5 Å². The maximum Gasteiger partial charge on any atom is 0.230 e. The molecule has 3 aliphatic rings. The molecule has 2 aromatic carbocycles. The Kier molecular flexibility index (Phi) is 6.10. The monoisotopic (exact) mass is 454 g/mol. The van der Waals surface area contributed by atoms with Crippen LogP contribution in [0, 0.1) is 5.92 Å². The van der Waals surface area contributed by atoms with Gasteiger partial charge in [0.1, 0.15) is 0 Å². The predicted molar refractivity (Wildman–Crippen MR) is 127 cm³/mol. The van der Waals surface area contributed by atoms with E-state index >= 15 is 0 Å². The summed E-state index contributed by atoms with van der Waals surface area (Å²) in [6.07, 6.45) is 5.00. The first-order chi connectivity index (χ1) is 15.2. The molecule has 0 bridgehead atoms. The van der Waals surface area contributed by atoms with E-state index in [0.29, 0.717) is 6.54 Å². The number of hydrogen-bond donors (Lipinski definition) is 1. The van der Waals surface area contributed by atoms with Crippen molar-refractivity contribution >= 4 is 34.4 Å². The van der Waals surface area contributed by atoms with E-state index in [2.05, 4.69) is 45.8 Å². The van der Waals surface area contributed by atoms with Gasteiger partial charge in [-0.3, -0.25) is 10.2 Å². The number of fused-ring (bicyclic) bond motifs is 3. The molecule has 1 amide bonds. The number of hydrazone groups is 1. The highest BCUT2D eigenvalue weighted by Crippen LogP contribution is 2.39. The lowest BCUT2D eigenvalue weighted by molar-refractivity contribution is -0.155. The lowest BCUT2D eigenvalue weighted by Crippen LogP contribution is -2.67. The fourth-order valence-electron chi connectivity index (χ4n) is 4.95. The number of thioether (sulfide) groups is 1. The maximum absolute atomic E-state index is 13.4. The van der Waals surface area contributed by atoms with Gasteiger partial charge in [0.2, 0.25) is 5.91 Å². The largest absolute Gasteiger partial charge is 0.307 e. The molecule has 1 saturated heterocycles. The second kappa shape index (κ2) is 9.13. The van der Waals surface area contributed by atoms with Crippen molar-refractivity contribution < 1.29 is 4.79 Å². The molecule has 3 atom stereocenters. The van der Waals surface area contributed by atoms with Crippen molar-refractivity contribution in [2.45, 2.75) is 50.2 Å². The normalized spacial score (nSPS) is 25.0. The van der Waals surface area contributed by atoms with Gasteiger partial charge in [0.05, 0.1) is 5.92 Å². The molecular formula is C24H27ClN4OS. The minimum absolute atomic E-state index is 0.0673. The molecule has 0 aromatic heterocycles. The number of hydrogen-bond acceptors (Lipinski definition) is 5. The van der Waals surface area contributed by atoms with Crippen LogP contribution in [0.3, 0.4) is 0 Å². The van der Waals surface area contributed by atoms with Gasteiger partial charge in [0.15, 0.2) is 11.5 Å². The summed E-state index contributed by atoms with van der Waals surface area (Å²) in [5.41, 5.74) is 5.71. The third kappa shape index (κ3) is 4.28. The Bertz CT molecular complexity index is 969. The number of amidine groups is 1. The van der Waals surface area contributed by atoms with E-state index in [1.807, 2.05) is 29.2 Å². The van der Waals surface area contributed by atoms with Crippen molar-refractivity contribution in [2.75, 3.05) is 6.54 Å². The van der Waals surface area contributed by atoms with Gasteiger partial charge in [-0.15, -0.1) is 0 Å². The van der Waals surface area contributed by atoms with Crippen LogP contribution in [-0.4, -0.2) is 39.8 Å². The summed E-state index contributed by atoms with van der Waals surface area (Å²) in [5.74, 6) is 1.16. The summed E-state index contributed by atoms with van der Waals surface area (Å²) in [6, 6.07) is 18.6. The number of nitrogens with zero attached hydrogens (tertiary/aromatic N) is 3. The Labute approximate surface area is 192 Å². The molecule has 3 unspecified atom stereocenters. The van der Waals surface area contributed by atoms with Crippen LogP contribution in [-0.2, 0) is 17.0 Å². The molecule has 162 valence electrons. The SMILES string of the molecule is O=C1C2CCCCC2N2C(SCc3cccc(Cl)c3)=NNC2N1CCc1ccccc1. The topological polar surface area (TPSA) is 47.9 Å². The summed E-state index contributed by atoms with van der Waals surface area (Å²) in [7, 11) is 0. The number of rotatable bonds is 5. The molecule has 1 aliphatic carbocycles. The third-order valence-corrected chi connectivity index (χ3v) is 7.76. The van der Waals surface area contributed by atoms with Crippen molar-refractivity contribution in [2.24, 2.45) is 11.0 Å². The van der Waals surface area contributed by atoms with Crippen molar-refractivity contribution in [3.05, 3.63) is 70.7 Å². The van der Waals surface area contributed by atoms with Crippen molar-refractivity contribution in [3.63, 3.8) is 0 Å². The zero-order valence-electron chi connectivity index (χ0n) is 17.4. The minimum Gasteiger partial charge on any atom is -0.307 e. The van der Waals surface area contributed by atoms with Crippen LogP contribution in [0.15, 0.2) is 59.7 Å². The van der Waals surface area contributed by atoms with E-state index < -0.39 is 0 Å². The molecule has 0 spiro atoms. The van der Waals surface area contributed by atoms with Gasteiger partial charge >= 0.3 is 0 Å². The quantitative estimate of drug-likeness (QED) is 0.712. The van der Waals surface area contributed by atoms with Crippen LogP contribution in [0.1, 0.15) is 36.8 Å². The molecular weight excluding hydrogens is 428 g/mol. The first-order valence-corrected chi connectivity index (χ1v) is 12.4. The van der Waals surface area contributed by atoms with E-state index in [1.54, 1.807) is 11.8 Å². The average Bonchev–Trinajstić information content (AvgIpc) is 3.22. The smallest absolute Gasteiger partial charge is 0.230 e. The highest BCUT2D eigenvalue weighted by atomic mass is 35.5. The Morgan fingerprint density at radius 3 is 2.71 bits per heavy atom. The fourth-order valence-corrected chi connectivity index (χ4v) is 6.14. The molecule has 2 aromatic rings. The fraction of sp³-hybridized carbons (Fsp3) is 0.417.